The number of para-hydroxylation sites is 1. The number of hydrogen-bond donors (Lipinski definition) is 0. The van der Waals surface area contributed by atoms with Gasteiger partial charge in [0.15, 0.2) is 0 Å². The van der Waals surface area contributed by atoms with Gasteiger partial charge in [0.2, 0.25) is 0 Å². The third-order valence-corrected chi connectivity index (χ3v) is 5.67. The summed E-state index contributed by atoms with van der Waals surface area (Å²) in [6, 6.07) is 7.51. The first-order valence-electron chi connectivity index (χ1n) is 6.75. The van der Waals surface area contributed by atoms with Crippen LogP contribution in [0.25, 0.3) is 0 Å². The largest absolute Gasteiger partial charge is 0.270 e. The second-order valence-corrected chi connectivity index (χ2v) is 7.30. The summed E-state index contributed by atoms with van der Waals surface area (Å²) in [4.78, 5) is 0.205. The van der Waals surface area contributed by atoms with Crippen LogP contribution in [0.3, 0.4) is 0 Å². The Balaban J connectivity index is 2.01. The van der Waals surface area contributed by atoms with E-state index in [0.29, 0.717) is 12.4 Å². The average molecular weight is 326 g/mol. The Hall–Kier alpha value is -1.53. The van der Waals surface area contributed by atoms with Crippen LogP contribution in [0.1, 0.15) is 12.5 Å². The quantitative estimate of drug-likeness (QED) is 0.810. The van der Waals surface area contributed by atoms with E-state index in [9.17, 15) is 8.42 Å². The number of rotatable bonds is 4. The van der Waals surface area contributed by atoms with E-state index in [-0.39, 0.29) is 10.9 Å². The first-order valence-corrected chi connectivity index (χ1v) is 8.72. The molecule has 21 heavy (non-hydrogen) atoms. The number of fused-ring (bicyclic) bond motifs is 1. The zero-order valence-electron chi connectivity index (χ0n) is 11.6. The van der Waals surface area contributed by atoms with Crippen molar-refractivity contribution in [2.75, 3.05) is 10.2 Å². The van der Waals surface area contributed by atoms with Gasteiger partial charge < -0.3 is 0 Å². The first kappa shape index (κ1) is 14.4. The maximum Gasteiger partial charge on any atom is 0.267 e. The van der Waals surface area contributed by atoms with E-state index in [2.05, 4.69) is 5.10 Å². The minimum atomic E-state index is -3.59. The predicted octanol–water partition coefficient (Wildman–Crippen LogP) is 2.26. The van der Waals surface area contributed by atoms with Gasteiger partial charge in [-0.1, -0.05) is 18.2 Å². The van der Waals surface area contributed by atoms with Gasteiger partial charge in [-0.25, -0.2) is 8.42 Å². The number of hydrogen-bond acceptors (Lipinski definition) is 3. The molecule has 1 atom stereocenters. The molecular weight excluding hydrogens is 310 g/mol. The van der Waals surface area contributed by atoms with Crippen LogP contribution in [0.15, 0.2) is 41.6 Å². The average Bonchev–Trinajstić information content (AvgIpc) is 3.02. The van der Waals surface area contributed by atoms with Crippen molar-refractivity contribution < 1.29 is 8.42 Å². The highest BCUT2D eigenvalue weighted by atomic mass is 35.5. The molecule has 0 radical (unpaired) electrons. The summed E-state index contributed by atoms with van der Waals surface area (Å²) in [5.41, 5.74) is 1.82. The van der Waals surface area contributed by atoms with Crippen LogP contribution >= 0.6 is 11.6 Å². The van der Waals surface area contributed by atoms with Gasteiger partial charge in [0.25, 0.3) is 10.0 Å². The van der Waals surface area contributed by atoms with Gasteiger partial charge >= 0.3 is 0 Å². The number of nitrogens with zero attached hydrogens (tertiary/aromatic N) is 3. The molecule has 3 rings (SSSR count). The molecule has 1 aliphatic heterocycles. The van der Waals surface area contributed by atoms with E-state index in [1.807, 2.05) is 31.2 Å². The van der Waals surface area contributed by atoms with Crippen molar-refractivity contribution in [2.24, 2.45) is 0 Å². The zero-order valence-corrected chi connectivity index (χ0v) is 13.2. The fourth-order valence-corrected chi connectivity index (χ4v) is 4.52. The van der Waals surface area contributed by atoms with Crippen molar-refractivity contribution in [3.63, 3.8) is 0 Å². The summed E-state index contributed by atoms with van der Waals surface area (Å²) < 4.78 is 28.8. The monoisotopic (exact) mass is 325 g/mol. The van der Waals surface area contributed by atoms with Crippen molar-refractivity contribution in [1.82, 2.24) is 9.78 Å². The standard InChI is InChI=1S/C14H16ClN3O2S/c1-11-8-12-4-2-3-5-14(12)18(11)21(19,20)13-9-16-17(10-13)7-6-15/h2-5,9-11H,6-8H2,1H3. The maximum absolute atomic E-state index is 12.9. The van der Waals surface area contributed by atoms with E-state index in [1.165, 1.54) is 16.7 Å². The first-order chi connectivity index (χ1) is 10.0. The highest BCUT2D eigenvalue weighted by Gasteiger charge is 2.36. The summed E-state index contributed by atoms with van der Waals surface area (Å²) >= 11 is 5.66. The fraction of sp³-hybridized carbons (Fsp3) is 0.357. The van der Waals surface area contributed by atoms with Crippen LogP contribution in [0.4, 0.5) is 5.69 Å². The zero-order chi connectivity index (χ0) is 15.0. The van der Waals surface area contributed by atoms with Crippen LogP contribution in [0.5, 0.6) is 0 Å². The molecular formula is C14H16ClN3O2S. The Bertz CT molecular complexity index is 757. The molecule has 112 valence electrons. The molecule has 0 aliphatic carbocycles. The Morgan fingerprint density at radius 3 is 2.90 bits per heavy atom. The van der Waals surface area contributed by atoms with Crippen LogP contribution in [0.2, 0.25) is 0 Å². The molecule has 0 N–H and O–H groups in total. The number of halogens is 1. The van der Waals surface area contributed by atoms with Crippen molar-refractivity contribution in [3.05, 3.63) is 42.2 Å². The molecule has 1 unspecified atom stereocenters. The normalized spacial score (nSPS) is 18.0. The number of alkyl halides is 1. The molecule has 5 nitrogen and oxygen atoms in total. The lowest BCUT2D eigenvalue weighted by Gasteiger charge is -2.23. The summed E-state index contributed by atoms with van der Waals surface area (Å²) in [5.74, 6) is 0.393. The lowest BCUT2D eigenvalue weighted by Crippen LogP contribution is -2.35. The molecule has 7 heteroatoms. The second kappa shape index (κ2) is 5.35. The van der Waals surface area contributed by atoms with Gasteiger partial charge in [0.1, 0.15) is 4.90 Å². The number of benzene rings is 1. The van der Waals surface area contributed by atoms with Crippen LogP contribution < -0.4 is 4.31 Å². The van der Waals surface area contributed by atoms with Crippen molar-refractivity contribution in [3.8, 4) is 0 Å². The smallest absolute Gasteiger partial charge is 0.267 e. The molecule has 1 aromatic carbocycles. The Kier molecular flexibility index (Phi) is 3.67. The maximum atomic E-state index is 12.9. The molecule has 0 bridgehead atoms. The van der Waals surface area contributed by atoms with E-state index in [0.717, 1.165) is 17.7 Å². The van der Waals surface area contributed by atoms with Gasteiger partial charge in [0, 0.05) is 18.1 Å². The minimum absolute atomic E-state index is 0.0937. The van der Waals surface area contributed by atoms with Gasteiger partial charge in [-0.3, -0.25) is 8.99 Å². The molecule has 0 fully saturated rings. The van der Waals surface area contributed by atoms with Gasteiger partial charge in [0.05, 0.1) is 18.4 Å². The lowest BCUT2D eigenvalue weighted by atomic mass is 10.1. The molecule has 0 saturated carbocycles. The molecule has 2 aromatic rings. The Labute approximate surface area is 129 Å². The SMILES string of the molecule is CC1Cc2ccccc2N1S(=O)(=O)c1cnn(CCCl)c1. The van der Waals surface area contributed by atoms with E-state index in [4.69, 9.17) is 11.6 Å². The van der Waals surface area contributed by atoms with Crippen LogP contribution in [-0.2, 0) is 23.0 Å². The van der Waals surface area contributed by atoms with E-state index < -0.39 is 10.0 Å². The number of sulfonamides is 1. The number of aryl methyl sites for hydroxylation is 1. The van der Waals surface area contributed by atoms with Gasteiger partial charge in [-0.15, -0.1) is 11.6 Å². The van der Waals surface area contributed by atoms with E-state index >= 15 is 0 Å². The van der Waals surface area contributed by atoms with Gasteiger partial charge in [-0.05, 0) is 25.0 Å². The third kappa shape index (κ3) is 2.42. The van der Waals surface area contributed by atoms with Crippen molar-refractivity contribution >= 4 is 27.3 Å². The third-order valence-electron chi connectivity index (χ3n) is 3.62. The Morgan fingerprint density at radius 1 is 1.38 bits per heavy atom. The summed E-state index contributed by atoms with van der Waals surface area (Å²) in [7, 11) is -3.59. The predicted molar refractivity (Wildman–Crippen MR) is 82.2 cm³/mol. The molecule has 0 saturated heterocycles. The van der Waals surface area contributed by atoms with Crippen LogP contribution in [-0.4, -0.2) is 30.1 Å². The lowest BCUT2D eigenvalue weighted by molar-refractivity contribution is 0.583. The summed E-state index contributed by atoms with van der Waals surface area (Å²) in [6.07, 6.45) is 3.64. The molecule has 0 spiro atoms. The number of aromatic nitrogens is 2. The van der Waals surface area contributed by atoms with Crippen LogP contribution in [0, 0.1) is 0 Å². The molecule has 0 amide bonds. The van der Waals surface area contributed by atoms with Crippen molar-refractivity contribution in [1.29, 1.82) is 0 Å². The van der Waals surface area contributed by atoms with E-state index in [1.54, 1.807) is 4.68 Å². The molecule has 2 heterocycles. The fourth-order valence-electron chi connectivity index (χ4n) is 2.70. The number of anilines is 1. The van der Waals surface area contributed by atoms with Gasteiger partial charge in [-0.2, -0.15) is 5.10 Å². The highest BCUT2D eigenvalue weighted by Crippen LogP contribution is 2.36. The Morgan fingerprint density at radius 2 is 2.14 bits per heavy atom. The summed E-state index contributed by atoms with van der Waals surface area (Å²) in [6.45, 7) is 2.41. The topological polar surface area (TPSA) is 55.2 Å². The minimum Gasteiger partial charge on any atom is -0.270 e. The summed E-state index contributed by atoms with van der Waals surface area (Å²) in [5, 5.41) is 4.05. The highest BCUT2D eigenvalue weighted by molar-refractivity contribution is 7.92. The van der Waals surface area contributed by atoms with Crippen molar-refractivity contribution in [2.45, 2.75) is 30.8 Å². The molecule has 1 aromatic heterocycles. The second-order valence-electron chi connectivity index (χ2n) is 5.11. The molecule has 1 aliphatic rings.